The van der Waals surface area contributed by atoms with E-state index in [1.54, 1.807) is 35.2 Å². The number of amides is 1. The third kappa shape index (κ3) is 5.23. The molecule has 5 rings (SSSR count). The van der Waals surface area contributed by atoms with E-state index in [1.165, 1.54) is 52.7 Å². The lowest BCUT2D eigenvalue weighted by Gasteiger charge is -2.26. The van der Waals surface area contributed by atoms with Crippen molar-refractivity contribution in [3.63, 3.8) is 0 Å². The minimum absolute atomic E-state index is 0.0155. The Morgan fingerprint density at radius 1 is 1.05 bits per heavy atom. The predicted octanol–water partition coefficient (Wildman–Crippen LogP) is 4.20. The monoisotopic (exact) mass is 520 g/mol. The van der Waals surface area contributed by atoms with Crippen LogP contribution in [0.1, 0.15) is 15.9 Å². The van der Waals surface area contributed by atoms with Gasteiger partial charge < -0.3 is 9.64 Å². The first-order valence-electron chi connectivity index (χ1n) is 11.5. The zero-order chi connectivity index (χ0) is 25.9. The Morgan fingerprint density at radius 3 is 2.43 bits per heavy atom. The fourth-order valence-corrected chi connectivity index (χ4v) is 4.99. The molecule has 188 valence electrons. The van der Waals surface area contributed by atoms with Gasteiger partial charge in [0.25, 0.3) is 17.2 Å². The summed E-state index contributed by atoms with van der Waals surface area (Å²) in [6.07, 6.45) is 0. The number of rotatable bonds is 6. The van der Waals surface area contributed by atoms with Gasteiger partial charge in [0.15, 0.2) is 5.16 Å². The highest BCUT2D eigenvalue weighted by Crippen LogP contribution is 2.26. The van der Waals surface area contributed by atoms with E-state index < -0.39 is 10.7 Å². The minimum Gasteiger partial charge on any atom is -0.378 e. The normalized spacial score (nSPS) is 13.6. The van der Waals surface area contributed by atoms with Crippen molar-refractivity contribution in [2.24, 2.45) is 0 Å². The topological polar surface area (TPSA) is 108 Å². The van der Waals surface area contributed by atoms with Crippen molar-refractivity contribution in [3.8, 4) is 5.69 Å². The van der Waals surface area contributed by atoms with Crippen molar-refractivity contribution >= 4 is 34.3 Å². The molecular weight excluding hydrogens is 499 g/mol. The molecule has 0 bridgehead atoms. The Hall–Kier alpha value is -4.09. The molecule has 0 spiro atoms. The molecule has 1 aliphatic heterocycles. The zero-order valence-corrected chi connectivity index (χ0v) is 20.3. The molecule has 1 amide bonds. The molecule has 4 aromatic rings. The van der Waals surface area contributed by atoms with Crippen LogP contribution in [0.4, 0.5) is 10.1 Å². The summed E-state index contributed by atoms with van der Waals surface area (Å²) in [5.74, 6) is -0.213. The number of nitro groups is 1. The second kappa shape index (κ2) is 10.5. The summed E-state index contributed by atoms with van der Waals surface area (Å²) in [6, 6.07) is 16.5. The molecule has 1 fully saturated rings. The molecule has 0 aliphatic carbocycles. The lowest BCUT2D eigenvalue weighted by atomic mass is 10.1. The first kappa shape index (κ1) is 24.6. The van der Waals surface area contributed by atoms with E-state index in [4.69, 9.17) is 9.72 Å². The maximum Gasteiger partial charge on any atom is 0.269 e. The van der Waals surface area contributed by atoms with Crippen LogP contribution in [0.2, 0.25) is 0 Å². The van der Waals surface area contributed by atoms with E-state index in [9.17, 15) is 24.1 Å². The maximum atomic E-state index is 13.6. The molecule has 1 aliphatic rings. The predicted molar refractivity (Wildman–Crippen MR) is 137 cm³/mol. The van der Waals surface area contributed by atoms with Crippen LogP contribution in [0.15, 0.2) is 76.7 Å². The van der Waals surface area contributed by atoms with Gasteiger partial charge in [0.2, 0.25) is 0 Å². The number of nitro benzene ring substituents is 1. The average Bonchev–Trinajstić information content (AvgIpc) is 2.92. The Balaban J connectivity index is 1.55. The van der Waals surface area contributed by atoms with Gasteiger partial charge in [0.05, 0.1) is 34.7 Å². The highest BCUT2D eigenvalue weighted by molar-refractivity contribution is 7.98. The lowest BCUT2D eigenvalue weighted by molar-refractivity contribution is -0.384. The quantitative estimate of drug-likeness (QED) is 0.162. The molecule has 0 atom stereocenters. The SMILES string of the molecule is O=C(c1ccc2c(=O)n(-c3ccc(F)cc3)c(SCc3ccc([N+](=O)[O-])cc3)nc2c1)N1CCOCC1. The maximum absolute atomic E-state index is 13.6. The number of ether oxygens (including phenoxy) is 1. The van der Waals surface area contributed by atoms with Crippen LogP contribution in [0.25, 0.3) is 16.6 Å². The number of fused-ring (bicyclic) bond motifs is 1. The third-order valence-corrected chi connectivity index (χ3v) is 6.99. The van der Waals surface area contributed by atoms with Gasteiger partial charge in [-0.2, -0.15) is 0 Å². The largest absolute Gasteiger partial charge is 0.378 e. The number of benzene rings is 3. The van der Waals surface area contributed by atoms with Crippen molar-refractivity contribution in [2.45, 2.75) is 10.9 Å². The van der Waals surface area contributed by atoms with Crippen LogP contribution < -0.4 is 5.56 Å². The smallest absolute Gasteiger partial charge is 0.269 e. The molecule has 9 nitrogen and oxygen atoms in total. The number of nitrogens with zero attached hydrogens (tertiary/aromatic N) is 4. The molecule has 0 radical (unpaired) electrons. The highest BCUT2D eigenvalue weighted by Gasteiger charge is 2.21. The minimum atomic E-state index is -0.468. The number of thioether (sulfide) groups is 1. The first-order valence-corrected chi connectivity index (χ1v) is 12.5. The standard InChI is InChI=1S/C26H21FN4O5S/c27-19-4-8-20(9-5-19)30-25(33)22-10-3-18(24(32)29-11-13-36-14-12-29)15-23(22)28-26(30)37-16-17-1-6-21(7-2-17)31(34)35/h1-10,15H,11-14,16H2. The van der Waals surface area contributed by atoms with Crippen molar-refractivity contribution in [1.82, 2.24) is 14.5 Å². The van der Waals surface area contributed by atoms with Gasteiger partial charge in [-0.1, -0.05) is 23.9 Å². The molecule has 3 aromatic carbocycles. The van der Waals surface area contributed by atoms with Gasteiger partial charge in [-0.3, -0.25) is 24.3 Å². The van der Waals surface area contributed by atoms with E-state index in [-0.39, 0.29) is 17.2 Å². The first-order chi connectivity index (χ1) is 17.9. The third-order valence-electron chi connectivity index (χ3n) is 5.98. The van der Waals surface area contributed by atoms with Crippen LogP contribution in [0.5, 0.6) is 0 Å². The van der Waals surface area contributed by atoms with E-state index >= 15 is 0 Å². The van der Waals surface area contributed by atoms with E-state index in [1.807, 2.05) is 0 Å². The fourth-order valence-electron chi connectivity index (χ4n) is 4.02. The second-order valence-corrected chi connectivity index (χ2v) is 9.30. The lowest BCUT2D eigenvalue weighted by Crippen LogP contribution is -2.40. The van der Waals surface area contributed by atoms with Crippen molar-refractivity contribution < 1.29 is 18.8 Å². The summed E-state index contributed by atoms with van der Waals surface area (Å²) in [5, 5.41) is 11.6. The van der Waals surface area contributed by atoms with Crippen molar-refractivity contribution in [1.29, 1.82) is 0 Å². The molecular formula is C26H21FN4O5S. The number of non-ortho nitro benzene ring substituents is 1. The Labute approximate surface area is 214 Å². The van der Waals surface area contributed by atoms with Gasteiger partial charge in [0, 0.05) is 36.5 Å². The van der Waals surface area contributed by atoms with Gasteiger partial charge >= 0.3 is 0 Å². The number of morpholine rings is 1. The van der Waals surface area contributed by atoms with Crippen LogP contribution >= 0.6 is 11.8 Å². The number of hydrogen-bond acceptors (Lipinski definition) is 7. The molecule has 0 saturated carbocycles. The molecule has 0 unspecified atom stereocenters. The second-order valence-electron chi connectivity index (χ2n) is 8.36. The summed E-state index contributed by atoms with van der Waals surface area (Å²) in [7, 11) is 0. The van der Waals surface area contributed by atoms with Gasteiger partial charge in [-0.15, -0.1) is 0 Å². The van der Waals surface area contributed by atoms with Crippen LogP contribution in [-0.2, 0) is 10.5 Å². The van der Waals surface area contributed by atoms with Crippen LogP contribution in [-0.4, -0.2) is 51.6 Å². The van der Waals surface area contributed by atoms with Crippen molar-refractivity contribution in [2.75, 3.05) is 26.3 Å². The average molecular weight is 521 g/mol. The molecule has 37 heavy (non-hydrogen) atoms. The Bertz CT molecular complexity index is 1530. The molecule has 2 heterocycles. The summed E-state index contributed by atoms with van der Waals surface area (Å²) in [4.78, 5) is 43.5. The molecule has 11 heteroatoms. The molecule has 0 N–H and O–H groups in total. The summed E-state index contributed by atoms with van der Waals surface area (Å²) in [6.45, 7) is 1.94. The number of hydrogen-bond donors (Lipinski definition) is 0. The van der Waals surface area contributed by atoms with Crippen LogP contribution in [0.3, 0.4) is 0 Å². The number of halogens is 1. The molecule has 1 saturated heterocycles. The van der Waals surface area contributed by atoms with E-state index in [2.05, 4.69) is 0 Å². The fraction of sp³-hybridized carbons (Fsp3) is 0.192. The number of carbonyl (C=O) groups excluding carboxylic acids is 1. The summed E-state index contributed by atoms with van der Waals surface area (Å²) >= 11 is 1.26. The number of aromatic nitrogens is 2. The Morgan fingerprint density at radius 2 is 1.76 bits per heavy atom. The Kier molecular flexibility index (Phi) is 6.97. The molecule has 1 aromatic heterocycles. The van der Waals surface area contributed by atoms with E-state index in [0.29, 0.717) is 59.4 Å². The van der Waals surface area contributed by atoms with Gasteiger partial charge in [0.1, 0.15) is 5.82 Å². The number of carbonyl (C=O) groups is 1. The summed E-state index contributed by atoms with van der Waals surface area (Å²) < 4.78 is 20.3. The van der Waals surface area contributed by atoms with Gasteiger partial charge in [-0.05, 0) is 48.0 Å². The highest BCUT2D eigenvalue weighted by atomic mass is 32.2. The zero-order valence-electron chi connectivity index (χ0n) is 19.5. The van der Waals surface area contributed by atoms with Gasteiger partial charge in [-0.25, -0.2) is 9.37 Å². The van der Waals surface area contributed by atoms with Crippen molar-refractivity contribution in [3.05, 3.63) is 104 Å². The summed E-state index contributed by atoms with van der Waals surface area (Å²) in [5.41, 5.74) is 1.67. The van der Waals surface area contributed by atoms with Crippen LogP contribution in [0, 0.1) is 15.9 Å². The van der Waals surface area contributed by atoms with E-state index in [0.717, 1.165) is 5.56 Å².